The average molecular weight is 219 g/mol. The van der Waals surface area contributed by atoms with Crippen LogP contribution in [-0.4, -0.2) is 13.1 Å². The van der Waals surface area contributed by atoms with Gasteiger partial charge >= 0.3 is 0 Å². The first-order valence-corrected chi connectivity index (χ1v) is 6.59. The van der Waals surface area contributed by atoms with E-state index in [4.69, 9.17) is 0 Å². The van der Waals surface area contributed by atoms with Crippen LogP contribution in [0.15, 0.2) is 30.3 Å². The Bertz CT molecular complexity index is 264. The topological polar surface area (TPSA) is 12.0 Å². The molecule has 0 spiro atoms. The van der Waals surface area contributed by atoms with Gasteiger partial charge in [0.2, 0.25) is 0 Å². The second-order valence-corrected chi connectivity index (χ2v) is 4.40. The Balaban J connectivity index is 2.78. The van der Waals surface area contributed by atoms with Crippen molar-refractivity contribution in [3.05, 3.63) is 35.9 Å². The minimum absolute atomic E-state index is 0.663. The molecule has 1 unspecified atom stereocenters. The van der Waals surface area contributed by atoms with Crippen LogP contribution in [0.5, 0.6) is 0 Å². The molecule has 0 aliphatic rings. The SMILES string of the molecule is CCNCC(c1ccccc1)C(CC)CC. The van der Waals surface area contributed by atoms with Crippen LogP contribution in [0.2, 0.25) is 0 Å². The molecular weight excluding hydrogens is 194 g/mol. The molecule has 0 saturated heterocycles. The third kappa shape index (κ3) is 3.64. The molecule has 0 aliphatic carbocycles. The molecule has 0 fully saturated rings. The van der Waals surface area contributed by atoms with Gasteiger partial charge in [0.25, 0.3) is 0 Å². The number of benzene rings is 1. The Morgan fingerprint density at radius 2 is 1.62 bits per heavy atom. The molecule has 0 aromatic heterocycles. The van der Waals surface area contributed by atoms with Gasteiger partial charge in [0.1, 0.15) is 0 Å². The highest BCUT2D eigenvalue weighted by molar-refractivity contribution is 5.20. The van der Waals surface area contributed by atoms with Crippen LogP contribution < -0.4 is 5.32 Å². The van der Waals surface area contributed by atoms with E-state index in [0.717, 1.165) is 19.0 Å². The maximum Gasteiger partial charge on any atom is 0.00227 e. The highest BCUT2D eigenvalue weighted by Crippen LogP contribution is 2.28. The molecule has 0 saturated carbocycles. The van der Waals surface area contributed by atoms with Crippen molar-refractivity contribution in [2.24, 2.45) is 5.92 Å². The Morgan fingerprint density at radius 1 is 1.00 bits per heavy atom. The van der Waals surface area contributed by atoms with E-state index in [1.807, 2.05) is 0 Å². The van der Waals surface area contributed by atoms with Gasteiger partial charge in [-0.3, -0.25) is 0 Å². The van der Waals surface area contributed by atoms with Gasteiger partial charge in [-0.15, -0.1) is 0 Å². The van der Waals surface area contributed by atoms with Gasteiger partial charge in [0.05, 0.1) is 0 Å². The molecule has 0 amide bonds. The zero-order valence-electron chi connectivity index (χ0n) is 10.9. The van der Waals surface area contributed by atoms with Crippen molar-refractivity contribution >= 4 is 0 Å². The van der Waals surface area contributed by atoms with Crippen LogP contribution in [0, 0.1) is 5.92 Å². The number of hydrogen-bond donors (Lipinski definition) is 1. The van der Waals surface area contributed by atoms with Crippen molar-refractivity contribution < 1.29 is 0 Å². The lowest BCUT2D eigenvalue weighted by atomic mass is 9.82. The molecule has 1 heteroatoms. The maximum atomic E-state index is 3.50. The third-order valence-electron chi connectivity index (χ3n) is 3.46. The van der Waals surface area contributed by atoms with Crippen LogP contribution in [0.4, 0.5) is 0 Å². The molecule has 0 heterocycles. The highest BCUT2D eigenvalue weighted by atomic mass is 14.8. The molecule has 1 N–H and O–H groups in total. The summed E-state index contributed by atoms with van der Waals surface area (Å²) in [6.07, 6.45) is 2.53. The second-order valence-electron chi connectivity index (χ2n) is 4.40. The van der Waals surface area contributed by atoms with Crippen molar-refractivity contribution in [3.8, 4) is 0 Å². The summed E-state index contributed by atoms with van der Waals surface area (Å²) < 4.78 is 0. The van der Waals surface area contributed by atoms with Gasteiger partial charge < -0.3 is 5.32 Å². The Hall–Kier alpha value is -0.820. The second kappa shape index (κ2) is 7.45. The van der Waals surface area contributed by atoms with Gasteiger partial charge in [-0.2, -0.15) is 0 Å². The van der Waals surface area contributed by atoms with E-state index in [1.54, 1.807) is 0 Å². The summed E-state index contributed by atoms with van der Waals surface area (Å²) >= 11 is 0. The summed E-state index contributed by atoms with van der Waals surface area (Å²) in [5.41, 5.74) is 1.48. The van der Waals surface area contributed by atoms with Crippen molar-refractivity contribution in [3.63, 3.8) is 0 Å². The summed E-state index contributed by atoms with van der Waals surface area (Å²) in [5.74, 6) is 1.46. The molecule has 1 rings (SSSR count). The Labute approximate surface area is 100 Å². The molecule has 0 radical (unpaired) electrons. The largest absolute Gasteiger partial charge is 0.316 e. The van der Waals surface area contributed by atoms with E-state index in [9.17, 15) is 0 Å². The first-order valence-electron chi connectivity index (χ1n) is 6.59. The fourth-order valence-corrected chi connectivity index (χ4v) is 2.41. The maximum absolute atomic E-state index is 3.50. The van der Waals surface area contributed by atoms with E-state index < -0.39 is 0 Å². The predicted octanol–water partition coefficient (Wildman–Crippen LogP) is 3.82. The van der Waals surface area contributed by atoms with Crippen molar-refractivity contribution in [2.75, 3.05) is 13.1 Å². The highest BCUT2D eigenvalue weighted by Gasteiger charge is 2.19. The summed E-state index contributed by atoms with van der Waals surface area (Å²) in [6.45, 7) is 8.94. The molecule has 0 bridgehead atoms. The number of likely N-dealkylation sites (N-methyl/N-ethyl adjacent to an activating group) is 1. The lowest BCUT2D eigenvalue weighted by Gasteiger charge is -2.26. The van der Waals surface area contributed by atoms with E-state index in [-0.39, 0.29) is 0 Å². The predicted molar refractivity (Wildman–Crippen MR) is 71.8 cm³/mol. The first-order chi connectivity index (χ1) is 7.83. The van der Waals surface area contributed by atoms with Crippen LogP contribution in [0.25, 0.3) is 0 Å². The van der Waals surface area contributed by atoms with E-state index >= 15 is 0 Å². The summed E-state index contributed by atoms with van der Waals surface area (Å²) in [6, 6.07) is 10.9. The summed E-state index contributed by atoms with van der Waals surface area (Å²) in [7, 11) is 0. The number of rotatable bonds is 7. The van der Waals surface area contributed by atoms with Gasteiger partial charge in [-0.1, -0.05) is 63.9 Å². The van der Waals surface area contributed by atoms with Gasteiger partial charge in [0.15, 0.2) is 0 Å². The minimum Gasteiger partial charge on any atom is -0.316 e. The monoisotopic (exact) mass is 219 g/mol. The summed E-state index contributed by atoms with van der Waals surface area (Å²) in [4.78, 5) is 0. The molecule has 90 valence electrons. The van der Waals surface area contributed by atoms with Crippen LogP contribution >= 0.6 is 0 Å². The third-order valence-corrected chi connectivity index (χ3v) is 3.46. The molecular formula is C15H25N. The lowest BCUT2D eigenvalue weighted by molar-refractivity contribution is 0.382. The normalized spacial score (nSPS) is 13.0. The lowest BCUT2D eigenvalue weighted by Crippen LogP contribution is -2.26. The molecule has 16 heavy (non-hydrogen) atoms. The Kier molecular flexibility index (Phi) is 6.17. The van der Waals surface area contributed by atoms with Crippen LogP contribution in [-0.2, 0) is 0 Å². The standard InChI is InChI=1S/C15H25N/c1-4-13(5-2)15(12-16-6-3)14-10-8-7-9-11-14/h7-11,13,15-16H,4-6,12H2,1-3H3. The fourth-order valence-electron chi connectivity index (χ4n) is 2.41. The molecule has 1 nitrogen and oxygen atoms in total. The minimum atomic E-state index is 0.663. The fraction of sp³-hybridized carbons (Fsp3) is 0.600. The van der Waals surface area contributed by atoms with Gasteiger partial charge in [-0.25, -0.2) is 0 Å². The van der Waals surface area contributed by atoms with E-state index in [2.05, 4.69) is 56.4 Å². The van der Waals surface area contributed by atoms with Crippen molar-refractivity contribution in [2.45, 2.75) is 39.5 Å². The molecule has 0 aliphatic heterocycles. The van der Waals surface area contributed by atoms with Crippen LogP contribution in [0.1, 0.15) is 45.1 Å². The van der Waals surface area contributed by atoms with E-state index in [1.165, 1.54) is 18.4 Å². The van der Waals surface area contributed by atoms with Gasteiger partial charge in [0, 0.05) is 6.54 Å². The smallest absolute Gasteiger partial charge is 0.00227 e. The zero-order chi connectivity index (χ0) is 11.8. The van der Waals surface area contributed by atoms with Crippen molar-refractivity contribution in [1.82, 2.24) is 5.32 Å². The Morgan fingerprint density at radius 3 is 2.12 bits per heavy atom. The first kappa shape index (κ1) is 13.2. The number of nitrogens with one attached hydrogen (secondary N) is 1. The van der Waals surface area contributed by atoms with E-state index in [0.29, 0.717) is 5.92 Å². The average Bonchev–Trinajstić information content (AvgIpc) is 2.35. The summed E-state index contributed by atoms with van der Waals surface area (Å²) in [5, 5.41) is 3.50. The quantitative estimate of drug-likeness (QED) is 0.735. The number of hydrogen-bond acceptors (Lipinski definition) is 1. The zero-order valence-corrected chi connectivity index (χ0v) is 10.9. The molecule has 1 aromatic rings. The van der Waals surface area contributed by atoms with Crippen LogP contribution in [0.3, 0.4) is 0 Å². The van der Waals surface area contributed by atoms with Crippen molar-refractivity contribution in [1.29, 1.82) is 0 Å². The van der Waals surface area contributed by atoms with Gasteiger partial charge in [-0.05, 0) is 23.9 Å². The molecule has 1 atom stereocenters. The molecule has 1 aromatic carbocycles.